The fourth-order valence-corrected chi connectivity index (χ4v) is 4.51. The second kappa shape index (κ2) is 8.31. The van der Waals surface area contributed by atoms with Crippen molar-refractivity contribution in [3.63, 3.8) is 0 Å². The quantitative estimate of drug-likeness (QED) is 0.517. The number of methoxy groups -OCH3 is 1. The molecule has 4 aromatic heterocycles. The van der Waals surface area contributed by atoms with Crippen LogP contribution in [0.15, 0.2) is 24.4 Å². The van der Waals surface area contributed by atoms with Gasteiger partial charge < -0.3 is 4.74 Å². The number of aryl methyl sites for hydroxylation is 3. The first kappa shape index (κ1) is 20.6. The van der Waals surface area contributed by atoms with Crippen LogP contribution in [0.4, 0.5) is 0 Å². The predicted molar refractivity (Wildman–Crippen MR) is 121 cm³/mol. The van der Waals surface area contributed by atoms with Gasteiger partial charge in [0.05, 0.1) is 36.8 Å². The number of likely N-dealkylation sites (tertiary alicyclic amines) is 1. The van der Waals surface area contributed by atoms with E-state index >= 15 is 0 Å². The number of aromatic nitrogens is 7. The van der Waals surface area contributed by atoms with Crippen LogP contribution in [-0.4, -0.2) is 60.0 Å². The van der Waals surface area contributed by atoms with Gasteiger partial charge in [-0.05, 0) is 58.0 Å². The normalized spacial score (nSPS) is 15.5. The number of H-pyrrole nitrogens is 1. The minimum atomic E-state index is 0.457. The molecule has 0 saturated carbocycles. The zero-order valence-corrected chi connectivity index (χ0v) is 19.0. The maximum atomic E-state index is 5.46. The van der Waals surface area contributed by atoms with Crippen LogP contribution in [0.2, 0.25) is 0 Å². The van der Waals surface area contributed by atoms with Gasteiger partial charge in [-0.25, -0.2) is 19.6 Å². The molecular formula is C23H28N8O. The number of aromatic amines is 1. The molecule has 0 aromatic carbocycles. The number of ether oxygens (including phenoxy) is 1. The number of pyridine rings is 1. The van der Waals surface area contributed by atoms with Crippen LogP contribution in [0.5, 0.6) is 5.88 Å². The highest BCUT2D eigenvalue weighted by atomic mass is 16.5. The Morgan fingerprint density at radius 2 is 1.94 bits per heavy atom. The first-order valence-corrected chi connectivity index (χ1v) is 11.0. The van der Waals surface area contributed by atoms with Crippen LogP contribution in [0, 0.1) is 13.8 Å². The molecule has 0 atom stereocenters. The Labute approximate surface area is 186 Å². The van der Waals surface area contributed by atoms with Crippen molar-refractivity contribution in [2.45, 2.75) is 39.2 Å². The van der Waals surface area contributed by atoms with Crippen molar-refractivity contribution in [2.24, 2.45) is 7.05 Å². The Balaban J connectivity index is 1.25. The van der Waals surface area contributed by atoms with E-state index in [1.165, 1.54) is 5.69 Å². The molecule has 166 valence electrons. The number of nitrogens with one attached hydrogen (secondary N) is 1. The Morgan fingerprint density at radius 3 is 2.72 bits per heavy atom. The fraction of sp³-hybridized carbons (Fsp3) is 0.435. The van der Waals surface area contributed by atoms with Gasteiger partial charge in [-0.3, -0.25) is 10.00 Å². The number of hydrogen-bond donors (Lipinski definition) is 1. The van der Waals surface area contributed by atoms with Crippen molar-refractivity contribution >= 4 is 11.0 Å². The maximum Gasteiger partial charge on any atom is 0.220 e. The summed E-state index contributed by atoms with van der Waals surface area (Å²) < 4.78 is 7.18. The van der Waals surface area contributed by atoms with E-state index in [4.69, 9.17) is 14.7 Å². The van der Waals surface area contributed by atoms with Crippen LogP contribution < -0.4 is 4.74 Å². The van der Waals surface area contributed by atoms with Crippen LogP contribution in [0.3, 0.4) is 0 Å². The first-order chi connectivity index (χ1) is 15.5. The number of fused-ring (bicyclic) bond motifs is 1. The molecule has 0 spiro atoms. The summed E-state index contributed by atoms with van der Waals surface area (Å²) in [6, 6.07) is 6.19. The predicted octanol–water partition coefficient (Wildman–Crippen LogP) is 3.15. The van der Waals surface area contributed by atoms with Crippen LogP contribution >= 0.6 is 0 Å². The molecule has 1 fully saturated rings. The molecule has 1 aliphatic heterocycles. The smallest absolute Gasteiger partial charge is 0.220 e. The molecule has 0 bridgehead atoms. The van der Waals surface area contributed by atoms with Gasteiger partial charge in [0.15, 0.2) is 5.65 Å². The van der Waals surface area contributed by atoms with Crippen molar-refractivity contribution in [1.29, 1.82) is 0 Å². The van der Waals surface area contributed by atoms with E-state index in [0.29, 0.717) is 11.8 Å². The van der Waals surface area contributed by atoms with Gasteiger partial charge in [0.25, 0.3) is 0 Å². The van der Waals surface area contributed by atoms with Crippen molar-refractivity contribution in [2.75, 3.05) is 20.2 Å². The lowest BCUT2D eigenvalue weighted by Crippen LogP contribution is -2.33. The van der Waals surface area contributed by atoms with Gasteiger partial charge in [0, 0.05) is 29.7 Å². The lowest BCUT2D eigenvalue weighted by Gasteiger charge is -2.30. The third-order valence-electron chi connectivity index (χ3n) is 6.28. The largest absolute Gasteiger partial charge is 0.481 e. The second-order valence-corrected chi connectivity index (χ2v) is 8.50. The molecule has 0 aliphatic carbocycles. The summed E-state index contributed by atoms with van der Waals surface area (Å²) >= 11 is 0. The minimum Gasteiger partial charge on any atom is -0.481 e. The summed E-state index contributed by atoms with van der Waals surface area (Å²) in [6.45, 7) is 6.77. The molecule has 5 rings (SSSR count). The molecule has 32 heavy (non-hydrogen) atoms. The van der Waals surface area contributed by atoms with Crippen molar-refractivity contribution < 1.29 is 4.74 Å². The van der Waals surface area contributed by atoms with Gasteiger partial charge in [-0.15, -0.1) is 0 Å². The lowest BCUT2D eigenvalue weighted by atomic mass is 9.93. The number of piperidine rings is 1. The van der Waals surface area contributed by atoms with Crippen LogP contribution in [0.25, 0.3) is 22.3 Å². The monoisotopic (exact) mass is 432 g/mol. The Kier molecular flexibility index (Phi) is 5.34. The Hall–Kier alpha value is -3.33. The standard InChI is InChI=1S/C23H28N8O/c1-14-5-6-17-15(2)26-21(27-22(17)25-14)13-31-9-7-16(8-10-31)19-11-20(29-28-19)18-12-24-30(3)23(18)32-4/h5-6,11-12,16H,7-10,13H2,1-4H3,(H,28,29). The highest BCUT2D eigenvalue weighted by Gasteiger charge is 2.24. The Bertz CT molecular complexity index is 1250. The van der Waals surface area contributed by atoms with Crippen molar-refractivity contribution in [1.82, 2.24) is 39.8 Å². The average molecular weight is 433 g/mol. The molecule has 5 heterocycles. The zero-order chi connectivity index (χ0) is 22.2. The lowest BCUT2D eigenvalue weighted by molar-refractivity contribution is 0.199. The van der Waals surface area contributed by atoms with E-state index in [1.54, 1.807) is 18.0 Å². The van der Waals surface area contributed by atoms with E-state index in [9.17, 15) is 0 Å². The van der Waals surface area contributed by atoms with Gasteiger partial charge in [0.1, 0.15) is 5.82 Å². The Morgan fingerprint density at radius 1 is 1.12 bits per heavy atom. The van der Waals surface area contributed by atoms with E-state index < -0.39 is 0 Å². The van der Waals surface area contributed by atoms with Gasteiger partial charge >= 0.3 is 0 Å². The van der Waals surface area contributed by atoms with Gasteiger partial charge in [-0.1, -0.05) is 0 Å². The molecule has 9 heteroatoms. The van der Waals surface area contributed by atoms with Crippen molar-refractivity contribution in [3.8, 4) is 17.1 Å². The molecule has 1 aliphatic rings. The third kappa shape index (κ3) is 3.84. The first-order valence-electron chi connectivity index (χ1n) is 11.0. The molecule has 0 amide bonds. The van der Waals surface area contributed by atoms with Gasteiger partial charge in [0.2, 0.25) is 5.88 Å². The molecule has 1 N–H and O–H groups in total. The van der Waals surface area contributed by atoms with Crippen molar-refractivity contribution in [3.05, 3.63) is 47.3 Å². The summed E-state index contributed by atoms with van der Waals surface area (Å²) in [4.78, 5) is 16.5. The molecule has 4 aromatic rings. The molecule has 0 unspecified atom stereocenters. The second-order valence-electron chi connectivity index (χ2n) is 8.50. The number of rotatable bonds is 5. The SMILES string of the molecule is COc1c(-c2cc(C3CCN(Cc4nc(C)c5ccc(C)nc5n4)CC3)[nH]n2)cnn1C. The van der Waals surface area contributed by atoms with Crippen LogP contribution in [-0.2, 0) is 13.6 Å². The number of hydrogen-bond acceptors (Lipinski definition) is 7. The topological polar surface area (TPSA) is 97.6 Å². The van der Waals surface area contributed by atoms with Gasteiger partial charge in [-0.2, -0.15) is 10.2 Å². The molecule has 9 nitrogen and oxygen atoms in total. The summed E-state index contributed by atoms with van der Waals surface area (Å²) in [5.74, 6) is 2.02. The van der Waals surface area contributed by atoms with Crippen LogP contribution in [0.1, 0.15) is 41.7 Å². The highest BCUT2D eigenvalue weighted by molar-refractivity contribution is 5.77. The molecule has 0 radical (unpaired) electrons. The molecule has 1 saturated heterocycles. The van der Waals surface area contributed by atoms with E-state index in [2.05, 4.69) is 37.3 Å². The van der Waals surface area contributed by atoms with E-state index in [0.717, 1.165) is 72.0 Å². The maximum absolute atomic E-state index is 5.46. The van der Waals surface area contributed by atoms with E-state index in [1.807, 2.05) is 27.0 Å². The number of nitrogens with zero attached hydrogens (tertiary/aromatic N) is 7. The summed E-state index contributed by atoms with van der Waals surface area (Å²) in [7, 11) is 3.52. The fourth-order valence-electron chi connectivity index (χ4n) is 4.51. The summed E-state index contributed by atoms with van der Waals surface area (Å²) in [6.07, 6.45) is 3.93. The third-order valence-corrected chi connectivity index (χ3v) is 6.28. The van der Waals surface area contributed by atoms with E-state index in [-0.39, 0.29) is 0 Å². The summed E-state index contributed by atoms with van der Waals surface area (Å²) in [5.41, 5.74) is 5.70. The zero-order valence-electron chi connectivity index (χ0n) is 19.0. The highest BCUT2D eigenvalue weighted by Crippen LogP contribution is 2.32. The molecular weight excluding hydrogens is 404 g/mol. The minimum absolute atomic E-state index is 0.457. The summed E-state index contributed by atoms with van der Waals surface area (Å²) in [5, 5.41) is 13.1. The average Bonchev–Trinajstić information content (AvgIpc) is 3.40.